The van der Waals surface area contributed by atoms with Gasteiger partial charge < -0.3 is 10.2 Å². The number of hydrogen-bond acceptors (Lipinski definition) is 5. The summed E-state index contributed by atoms with van der Waals surface area (Å²) in [7, 11) is 0. The van der Waals surface area contributed by atoms with Gasteiger partial charge in [0.05, 0.1) is 11.6 Å². The topological polar surface area (TPSA) is 88.1 Å². The van der Waals surface area contributed by atoms with E-state index in [2.05, 4.69) is 26.3 Å². The number of carbonyl (C=O) groups is 2. The Labute approximate surface area is 191 Å². The molecule has 3 aromatic rings. The third-order valence-corrected chi connectivity index (χ3v) is 6.63. The van der Waals surface area contributed by atoms with Gasteiger partial charge in [-0.25, -0.2) is 19.3 Å². The van der Waals surface area contributed by atoms with Crippen molar-refractivity contribution in [1.82, 2.24) is 15.0 Å². The van der Waals surface area contributed by atoms with Crippen molar-refractivity contribution in [3.8, 4) is 0 Å². The fourth-order valence-electron chi connectivity index (χ4n) is 4.68. The lowest BCUT2D eigenvalue weighted by atomic mass is 9.63. The molecule has 0 atom stereocenters. The quantitative estimate of drug-likeness (QED) is 0.657. The minimum atomic E-state index is -0.638. The van der Waals surface area contributed by atoms with Gasteiger partial charge in [-0.2, -0.15) is 0 Å². The highest BCUT2D eigenvalue weighted by molar-refractivity contribution is 6.05. The summed E-state index contributed by atoms with van der Waals surface area (Å²) in [6.07, 6.45) is 6.61. The molecule has 0 unspecified atom stereocenters. The molecule has 1 saturated carbocycles. The summed E-state index contributed by atoms with van der Waals surface area (Å²) >= 11 is 0. The Kier molecular flexibility index (Phi) is 5.36. The van der Waals surface area contributed by atoms with Crippen LogP contribution in [0, 0.1) is 12.7 Å². The number of aryl methyl sites for hydroxylation is 2. The van der Waals surface area contributed by atoms with E-state index in [9.17, 15) is 14.0 Å². The van der Waals surface area contributed by atoms with Gasteiger partial charge in [0, 0.05) is 17.9 Å². The summed E-state index contributed by atoms with van der Waals surface area (Å²) < 4.78 is 13.2. The molecule has 2 aromatic heterocycles. The monoisotopic (exact) mass is 445 g/mol. The SMILES string of the molecule is Cc1cc(C(=O)N2CCCc3cc(C4(C(=O)Nc5ccc(F)cn5)CCC4)ccc32)ncn1. The van der Waals surface area contributed by atoms with Gasteiger partial charge >= 0.3 is 0 Å². The molecule has 2 aliphatic rings. The Morgan fingerprint density at radius 1 is 1.06 bits per heavy atom. The number of halogens is 1. The van der Waals surface area contributed by atoms with E-state index in [0.29, 0.717) is 18.1 Å². The van der Waals surface area contributed by atoms with Crippen LogP contribution in [0.4, 0.5) is 15.9 Å². The molecule has 5 rings (SSSR count). The van der Waals surface area contributed by atoms with Crippen molar-refractivity contribution in [2.45, 2.75) is 44.4 Å². The van der Waals surface area contributed by atoms with Crippen LogP contribution < -0.4 is 10.2 Å². The summed E-state index contributed by atoms with van der Waals surface area (Å²) in [5, 5.41) is 2.85. The van der Waals surface area contributed by atoms with Crippen LogP contribution >= 0.6 is 0 Å². The van der Waals surface area contributed by atoms with E-state index < -0.39 is 11.2 Å². The number of anilines is 2. The summed E-state index contributed by atoms with van der Waals surface area (Å²) in [6, 6.07) is 10.4. The maximum Gasteiger partial charge on any atom is 0.277 e. The molecule has 1 aromatic carbocycles. The average molecular weight is 445 g/mol. The number of carbonyl (C=O) groups excluding carboxylic acids is 2. The van der Waals surface area contributed by atoms with Gasteiger partial charge in [-0.3, -0.25) is 9.59 Å². The summed E-state index contributed by atoms with van der Waals surface area (Å²) in [4.78, 5) is 40.3. The standard InChI is InChI=1S/C25H24FN5O2/c1-16-12-20(29-15-28-16)23(32)31-11-2-4-17-13-18(5-7-21(17)31)25(9-3-10-25)24(33)30-22-8-6-19(26)14-27-22/h5-8,12-15H,2-4,9-11H2,1H3,(H,27,30,33). The maximum atomic E-state index is 13.2. The van der Waals surface area contributed by atoms with Crippen LogP contribution in [-0.2, 0) is 16.6 Å². The number of benzene rings is 1. The maximum absolute atomic E-state index is 13.2. The molecule has 0 spiro atoms. The van der Waals surface area contributed by atoms with Gasteiger partial charge in [-0.05, 0) is 68.0 Å². The van der Waals surface area contributed by atoms with Crippen LogP contribution in [0.25, 0.3) is 0 Å². The summed E-state index contributed by atoms with van der Waals surface area (Å²) in [5.74, 6) is -0.388. The Balaban J connectivity index is 1.43. The van der Waals surface area contributed by atoms with E-state index >= 15 is 0 Å². The molecular formula is C25H24FN5O2. The Hall–Kier alpha value is -3.68. The number of nitrogens with one attached hydrogen (secondary N) is 1. The van der Waals surface area contributed by atoms with E-state index in [1.807, 2.05) is 19.1 Å². The first-order valence-electron chi connectivity index (χ1n) is 11.1. The second-order valence-electron chi connectivity index (χ2n) is 8.70. The lowest BCUT2D eigenvalue weighted by Crippen LogP contribution is -2.46. The first-order chi connectivity index (χ1) is 16.0. The number of hydrogen-bond donors (Lipinski definition) is 1. The molecule has 1 aliphatic carbocycles. The Morgan fingerprint density at radius 3 is 2.61 bits per heavy atom. The van der Waals surface area contributed by atoms with E-state index in [1.165, 1.54) is 18.5 Å². The van der Waals surface area contributed by atoms with Crippen LogP contribution in [0.2, 0.25) is 0 Å². The van der Waals surface area contributed by atoms with Crippen molar-refractivity contribution in [3.63, 3.8) is 0 Å². The molecule has 0 radical (unpaired) electrons. The molecule has 2 amide bonds. The number of aromatic nitrogens is 3. The zero-order valence-corrected chi connectivity index (χ0v) is 18.3. The molecule has 1 N–H and O–H groups in total. The predicted molar refractivity (Wildman–Crippen MR) is 122 cm³/mol. The zero-order chi connectivity index (χ0) is 23.0. The van der Waals surface area contributed by atoms with Crippen LogP contribution in [0.5, 0.6) is 0 Å². The van der Waals surface area contributed by atoms with E-state index in [0.717, 1.165) is 60.8 Å². The Bertz CT molecular complexity index is 1220. The minimum Gasteiger partial charge on any atom is -0.310 e. The van der Waals surface area contributed by atoms with Crippen LogP contribution in [0.15, 0.2) is 48.9 Å². The van der Waals surface area contributed by atoms with Gasteiger partial charge in [0.15, 0.2) is 0 Å². The molecule has 33 heavy (non-hydrogen) atoms. The molecule has 168 valence electrons. The third-order valence-electron chi connectivity index (χ3n) is 6.63. The van der Waals surface area contributed by atoms with E-state index in [4.69, 9.17) is 0 Å². The fraction of sp³-hybridized carbons (Fsp3) is 0.320. The average Bonchev–Trinajstić information content (AvgIpc) is 2.79. The van der Waals surface area contributed by atoms with Crippen LogP contribution in [-0.4, -0.2) is 33.3 Å². The van der Waals surface area contributed by atoms with Crippen molar-refractivity contribution < 1.29 is 14.0 Å². The van der Waals surface area contributed by atoms with Crippen molar-refractivity contribution >= 4 is 23.3 Å². The summed E-state index contributed by atoms with van der Waals surface area (Å²) in [5.41, 5.74) is 3.34. The van der Waals surface area contributed by atoms with Gasteiger partial charge in [-0.1, -0.05) is 18.6 Å². The van der Waals surface area contributed by atoms with Gasteiger partial charge in [0.25, 0.3) is 5.91 Å². The molecule has 3 heterocycles. The van der Waals surface area contributed by atoms with E-state index in [1.54, 1.807) is 11.0 Å². The molecule has 7 nitrogen and oxygen atoms in total. The van der Waals surface area contributed by atoms with Crippen molar-refractivity contribution in [2.75, 3.05) is 16.8 Å². The third kappa shape index (κ3) is 3.86. The van der Waals surface area contributed by atoms with Crippen LogP contribution in [0.3, 0.4) is 0 Å². The van der Waals surface area contributed by atoms with E-state index in [-0.39, 0.29) is 11.8 Å². The number of pyridine rings is 1. The van der Waals surface area contributed by atoms with Gasteiger partial charge in [-0.15, -0.1) is 0 Å². The van der Waals surface area contributed by atoms with Crippen molar-refractivity contribution in [1.29, 1.82) is 0 Å². The zero-order valence-electron chi connectivity index (χ0n) is 18.3. The smallest absolute Gasteiger partial charge is 0.277 e. The largest absolute Gasteiger partial charge is 0.310 e. The molecule has 0 bridgehead atoms. The molecular weight excluding hydrogens is 421 g/mol. The summed E-state index contributed by atoms with van der Waals surface area (Å²) in [6.45, 7) is 2.45. The van der Waals surface area contributed by atoms with Crippen LogP contribution in [0.1, 0.15) is 53.0 Å². The van der Waals surface area contributed by atoms with Gasteiger partial charge in [0.2, 0.25) is 5.91 Å². The molecule has 0 saturated heterocycles. The molecule has 1 aliphatic heterocycles. The van der Waals surface area contributed by atoms with Gasteiger partial charge in [0.1, 0.15) is 23.7 Å². The first-order valence-corrected chi connectivity index (χ1v) is 11.1. The number of amides is 2. The van der Waals surface area contributed by atoms with Crippen molar-refractivity contribution in [3.05, 3.63) is 77.3 Å². The fourth-order valence-corrected chi connectivity index (χ4v) is 4.68. The lowest BCUT2D eigenvalue weighted by Gasteiger charge is -2.41. The number of nitrogens with zero attached hydrogens (tertiary/aromatic N) is 4. The highest BCUT2D eigenvalue weighted by atomic mass is 19.1. The minimum absolute atomic E-state index is 0.131. The first kappa shape index (κ1) is 21.2. The second-order valence-corrected chi connectivity index (χ2v) is 8.70. The lowest BCUT2D eigenvalue weighted by molar-refractivity contribution is -0.124. The van der Waals surface area contributed by atoms with Crippen molar-refractivity contribution in [2.24, 2.45) is 0 Å². The second kappa shape index (κ2) is 8.35. The molecule has 1 fully saturated rings. The Morgan fingerprint density at radius 2 is 1.91 bits per heavy atom. The normalized spacial score (nSPS) is 16.5. The predicted octanol–water partition coefficient (Wildman–Crippen LogP) is 3.97. The number of rotatable bonds is 4. The molecule has 8 heteroatoms. The number of fused-ring (bicyclic) bond motifs is 1. The highest BCUT2D eigenvalue weighted by Crippen LogP contribution is 2.46. The highest BCUT2D eigenvalue weighted by Gasteiger charge is 2.46.